The molecule has 0 atom stereocenters. The highest BCUT2D eigenvalue weighted by molar-refractivity contribution is 6.28. The molecule has 10 aromatic carbocycles. The maximum absolute atomic E-state index is 2.47. The molecule has 0 radical (unpaired) electrons. The van der Waals surface area contributed by atoms with E-state index in [-0.39, 0.29) is 5.41 Å². The number of hydrogen-bond donors (Lipinski definition) is 0. The van der Waals surface area contributed by atoms with Crippen molar-refractivity contribution in [2.75, 3.05) is 4.90 Å². The number of rotatable bonds is 5. The van der Waals surface area contributed by atoms with Crippen molar-refractivity contribution >= 4 is 60.2 Å². The first-order chi connectivity index (χ1) is 27.5. The molecular formula is C55H39N. The van der Waals surface area contributed by atoms with Gasteiger partial charge in [-0.05, 0) is 112 Å². The van der Waals surface area contributed by atoms with Gasteiger partial charge in [-0.1, -0.05) is 184 Å². The smallest absolute Gasteiger partial charge is 0.0540 e. The van der Waals surface area contributed by atoms with E-state index in [0.29, 0.717) is 0 Å². The second-order valence-corrected chi connectivity index (χ2v) is 15.7. The van der Waals surface area contributed by atoms with Crippen molar-refractivity contribution in [2.45, 2.75) is 19.3 Å². The van der Waals surface area contributed by atoms with Crippen molar-refractivity contribution in [3.05, 3.63) is 211 Å². The van der Waals surface area contributed by atoms with Crippen LogP contribution in [0.15, 0.2) is 200 Å². The first kappa shape index (κ1) is 32.5. The molecule has 0 amide bonds. The van der Waals surface area contributed by atoms with Crippen LogP contribution in [0.4, 0.5) is 17.1 Å². The van der Waals surface area contributed by atoms with Gasteiger partial charge in [-0.25, -0.2) is 0 Å². The minimum absolute atomic E-state index is 0.0678. The fourth-order valence-electron chi connectivity index (χ4n) is 9.54. The summed E-state index contributed by atoms with van der Waals surface area (Å²) in [6, 6.07) is 74.0. The van der Waals surface area contributed by atoms with Gasteiger partial charge in [0.25, 0.3) is 0 Å². The topological polar surface area (TPSA) is 3.24 Å². The fraction of sp³-hybridized carbons (Fsp3) is 0.0545. The van der Waals surface area contributed by atoms with E-state index < -0.39 is 0 Å². The third-order valence-electron chi connectivity index (χ3n) is 12.2. The largest absolute Gasteiger partial charge is 0.310 e. The molecule has 0 unspecified atom stereocenters. The molecule has 0 saturated heterocycles. The average Bonchev–Trinajstić information content (AvgIpc) is 3.49. The van der Waals surface area contributed by atoms with Gasteiger partial charge in [-0.15, -0.1) is 0 Å². The van der Waals surface area contributed by atoms with Crippen molar-refractivity contribution in [1.29, 1.82) is 0 Å². The third kappa shape index (κ3) is 4.94. The van der Waals surface area contributed by atoms with E-state index in [1.165, 1.54) is 87.6 Å². The Morgan fingerprint density at radius 3 is 1.79 bits per heavy atom. The Morgan fingerprint density at radius 2 is 0.929 bits per heavy atom. The highest BCUT2D eigenvalue weighted by atomic mass is 15.1. The molecule has 11 rings (SSSR count). The number of para-hydroxylation sites is 1. The van der Waals surface area contributed by atoms with Gasteiger partial charge in [0, 0.05) is 22.4 Å². The van der Waals surface area contributed by atoms with Crippen LogP contribution >= 0.6 is 0 Å². The molecular weight excluding hydrogens is 675 g/mol. The van der Waals surface area contributed by atoms with E-state index in [1.54, 1.807) is 0 Å². The predicted molar refractivity (Wildman–Crippen MR) is 240 cm³/mol. The number of fused-ring (bicyclic) bond motifs is 10. The van der Waals surface area contributed by atoms with E-state index in [0.717, 1.165) is 17.1 Å². The summed E-state index contributed by atoms with van der Waals surface area (Å²) in [5, 5.41) is 10.2. The normalized spacial score (nSPS) is 13.0. The van der Waals surface area contributed by atoms with Gasteiger partial charge in [0.15, 0.2) is 0 Å². The Kier molecular flexibility index (Phi) is 7.28. The zero-order valence-corrected chi connectivity index (χ0v) is 31.5. The molecule has 0 heterocycles. The van der Waals surface area contributed by atoms with Gasteiger partial charge in [-0.2, -0.15) is 0 Å². The molecule has 1 nitrogen and oxygen atoms in total. The maximum Gasteiger partial charge on any atom is 0.0540 e. The summed E-state index contributed by atoms with van der Waals surface area (Å²) in [7, 11) is 0. The molecule has 0 bridgehead atoms. The standard InChI is InChI=1S/C55H39N/c1-55(2)50-24-10-8-20-46(50)49-35-42(31-33-51(49)55)56(41-18-12-17-40(34-41)36-14-4-3-5-15-36)52-25-11-9-21-47(52)44-22-13-23-48-45(44)32-30-39-29-28-38-27-26-37-16-6-7-19-43(37)53(38)54(39)48/h3-35H,1-2H3. The Morgan fingerprint density at radius 1 is 0.339 bits per heavy atom. The molecule has 1 heteroatoms. The van der Waals surface area contributed by atoms with Crippen LogP contribution in [0.1, 0.15) is 25.0 Å². The summed E-state index contributed by atoms with van der Waals surface area (Å²) >= 11 is 0. The van der Waals surface area contributed by atoms with Crippen LogP contribution < -0.4 is 4.90 Å². The van der Waals surface area contributed by atoms with Crippen LogP contribution in [0.2, 0.25) is 0 Å². The summed E-state index contributed by atoms with van der Waals surface area (Å²) in [6.07, 6.45) is 0. The summed E-state index contributed by atoms with van der Waals surface area (Å²) in [5.74, 6) is 0. The van der Waals surface area contributed by atoms with Gasteiger partial charge < -0.3 is 4.90 Å². The lowest BCUT2D eigenvalue weighted by atomic mass is 9.82. The second kappa shape index (κ2) is 12.5. The fourth-order valence-corrected chi connectivity index (χ4v) is 9.54. The molecule has 264 valence electrons. The van der Waals surface area contributed by atoms with E-state index in [4.69, 9.17) is 0 Å². The molecule has 1 aliphatic rings. The van der Waals surface area contributed by atoms with Gasteiger partial charge in [-0.3, -0.25) is 0 Å². The van der Waals surface area contributed by atoms with Crippen LogP contribution in [0.3, 0.4) is 0 Å². The Labute approximate surface area is 327 Å². The second-order valence-electron chi connectivity index (χ2n) is 15.7. The summed E-state index contributed by atoms with van der Waals surface area (Å²) in [4.78, 5) is 2.47. The SMILES string of the molecule is CC1(C)c2ccccc2-c2cc(N(c3cccc(-c4ccccc4)c3)c3ccccc3-c3cccc4c3ccc3ccc5ccc6ccccc6c5c34)ccc21. The molecule has 0 aliphatic heterocycles. The quantitative estimate of drug-likeness (QED) is 0.161. The number of hydrogen-bond acceptors (Lipinski definition) is 1. The summed E-state index contributed by atoms with van der Waals surface area (Å²) in [5.41, 5.74) is 13.5. The van der Waals surface area contributed by atoms with E-state index in [9.17, 15) is 0 Å². The van der Waals surface area contributed by atoms with Crippen LogP contribution in [-0.4, -0.2) is 0 Å². The Balaban J connectivity index is 1.17. The lowest BCUT2D eigenvalue weighted by Gasteiger charge is -2.29. The van der Waals surface area contributed by atoms with E-state index in [1.807, 2.05) is 0 Å². The number of nitrogens with zero attached hydrogens (tertiary/aromatic N) is 1. The van der Waals surface area contributed by atoms with Crippen LogP contribution in [0, 0.1) is 0 Å². The van der Waals surface area contributed by atoms with Crippen LogP contribution in [-0.2, 0) is 5.41 Å². The molecule has 1 aliphatic carbocycles. The molecule has 0 fully saturated rings. The summed E-state index contributed by atoms with van der Waals surface area (Å²) < 4.78 is 0. The van der Waals surface area contributed by atoms with Crippen LogP contribution in [0.5, 0.6) is 0 Å². The monoisotopic (exact) mass is 713 g/mol. The van der Waals surface area contributed by atoms with Crippen LogP contribution in [0.25, 0.3) is 76.5 Å². The van der Waals surface area contributed by atoms with Crippen molar-refractivity contribution in [1.82, 2.24) is 0 Å². The molecule has 56 heavy (non-hydrogen) atoms. The first-order valence-electron chi connectivity index (χ1n) is 19.6. The van der Waals surface area contributed by atoms with Gasteiger partial charge in [0.05, 0.1) is 5.69 Å². The number of benzene rings is 10. The average molecular weight is 714 g/mol. The maximum atomic E-state index is 2.47. The zero-order valence-electron chi connectivity index (χ0n) is 31.5. The zero-order chi connectivity index (χ0) is 37.4. The summed E-state index contributed by atoms with van der Waals surface area (Å²) in [6.45, 7) is 4.70. The van der Waals surface area contributed by atoms with Crippen molar-refractivity contribution in [2.24, 2.45) is 0 Å². The predicted octanol–water partition coefficient (Wildman–Crippen LogP) is 15.4. The highest BCUT2D eigenvalue weighted by Gasteiger charge is 2.35. The molecule has 0 N–H and O–H groups in total. The molecule has 0 spiro atoms. The Bertz CT molecular complexity index is 3170. The molecule has 10 aromatic rings. The van der Waals surface area contributed by atoms with Gasteiger partial charge in [0.2, 0.25) is 0 Å². The third-order valence-corrected chi connectivity index (χ3v) is 12.2. The van der Waals surface area contributed by atoms with E-state index >= 15 is 0 Å². The lowest BCUT2D eigenvalue weighted by molar-refractivity contribution is 0.660. The molecule has 0 saturated carbocycles. The van der Waals surface area contributed by atoms with Crippen molar-refractivity contribution < 1.29 is 0 Å². The highest BCUT2D eigenvalue weighted by Crippen LogP contribution is 2.52. The van der Waals surface area contributed by atoms with Gasteiger partial charge >= 0.3 is 0 Å². The lowest BCUT2D eigenvalue weighted by Crippen LogP contribution is -2.15. The number of anilines is 3. The van der Waals surface area contributed by atoms with E-state index in [2.05, 4.69) is 219 Å². The first-order valence-corrected chi connectivity index (χ1v) is 19.6. The van der Waals surface area contributed by atoms with Gasteiger partial charge in [0.1, 0.15) is 0 Å². The minimum Gasteiger partial charge on any atom is -0.310 e. The molecule has 0 aromatic heterocycles. The minimum atomic E-state index is -0.0678. The van der Waals surface area contributed by atoms with Crippen molar-refractivity contribution in [3.8, 4) is 33.4 Å². The van der Waals surface area contributed by atoms with Crippen molar-refractivity contribution in [3.63, 3.8) is 0 Å². The Hall–Kier alpha value is -6.96.